The lowest BCUT2D eigenvalue weighted by molar-refractivity contribution is 0.141. The third kappa shape index (κ3) is 4.00. The second kappa shape index (κ2) is 5.50. The van der Waals surface area contributed by atoms with E-state index in [9.17, 15) is 8.78 Å². The number of halogens is 2. The van der Waals surface area contributed by atoms with Crippen molar-refractivity contribution in [2.45, 2.75) is 32.2 Å². The van der Waals surface area contributed by atoms with Crippen molar-refractivity contribution in [3.05, 3.63) is 0 Å². The first-order valence-corrected chi connectivity index (χ1v) is 4.93. The Labute approximate surface area is 78.3 Å². The monoisotopic (exact) mass is 192 g/mol. The first-order valence-electron chi connectivity index (χ1n) is 4.93. The maximum absolute atomic E-state index is 11.8. The number of alkyl halides is 2. The van der Waals surface area contributed by atoms with Crippen LogP contribution in [0.15, 0.2) is 0 Å². The minimum atomic E-state index is -2.23. The minimum absolute atomic E-state index is 0.182. The molecule has 78 valence electrons. The van der Waals surface area contributed by atoms with Crippen molar-refractivity contribution in [3.8, 4) is 0 Å². The number of hydrogen-bond donors (Lipinski definition) is 1. The van der Waals surface area contributed by atoms with Crippen molar-refractivity contribution in [1.29, 1.82) is 0 Å². The van der Waals surface area contributed by atoms with Crippen molar-refractivity contribution in [3.63, 3.8) is 0 Å². The standard InChI is InChI=1S/C9H18F2N2/c1-8(6-12-7-9(10)11)13-4-2-3-5-13/h8-9,12H,2-7H2,1H3. The summed E-state index contributed by atoms with van der Waals surface area (Å²) in [6, 6.07) is 0.390. The van der Waals surface area contributed by atoms with Crippen LogP contribution < -0.4 is 5.32 Å². The van der Waals surface area contributed by atoms with Crippen LogP contribution >= 0.6 is 0 Å². The Morgan fingerprint density at radius 1 is 1.23 bits per heavy atom. The van der Waals surface area contributed by atoms with Gasteiger partial charge in [0.25, 0.3) is 6.43 Å². The molecule has 13 heavy (non-hydrogen) atoms. The Balaban J connectivity index is 2.06. The van der Waals surface area contributed by atoms with Gasteiger partial charge in [0, 0.05) is 12.6 Å². The van der Waals surface area contributed by atoms with E-state index in [4.69, 9.17) is 0 Å². The highest BCUT2D eigenvalue weighted by Gasteiger charge is 2.17. The molecule has 1 rings (SSSR count). The normalized spacial score (nSPS) is 21.2. The van der Waals surface area contributed by atoms with E-state index < -0.39 is 6.43 Å². The van der Waals surface area contributed by atoms with Crippen LogP contribution in [0.1, 0.15) is 19.8 Å². The predicted molar refractivity (Wildman–Crippen MR) is 49.1 cm³/mol. The fraction of sp³-hybridized carbons (Fsp3) is 1.00. The zero-order valence-corrected chi connectivity index (χ0v) is 8.10. The summed E-state index contributed by atoms with van der Waals surface area (Å²) in [6.07, 6.45) is 0.268. The van der Waals surface area contributed by atoms with Gasteiger partial charge < -0.3 is 5.32 Å². The second-order valence-corrected chi connectivity index (χ2v) is 3.64. The van der Waals surface area contributed by atoms with E-state index in [1.54, 1.807) is 0 Å². The van der Waals surface area contributed by atoms with Gasteiger partial charge in [0.1, 0.15) is 0 Å². The van der Waals surface area contributed by atoms with Crippen LogP contribution in [0.4, 0.5) is 8.78 Å². The van der Waals surface area contributed by atoms with Crippen molar-refractivity contribution in [1.82, 2.24) is 10.2 Å². The van der Waals surface area contributed by atoms with Gasteiger partial charge in [-0.3, -0.25) is 4.90 Å². The second-order valence-electron chi connectivity index (χ2n) is 3.64. The molecule has 1 atom stereocenters. The molecule has 0 saturated carbocycles. The minimum Gasteiger partial charge on any atom is -0.310 e. The van der Waals surface area contributed by atoms with Crippen molar-refractivity contribution in [2.75, 3.05) is 26.2 Å². The first-order chi connectivity index (χ1) is 6.20. The Kier molecular flexibility index (Phi) is 4.59. The maximum atomic E-state index is 11.8. The summed E-state index contributed by atoms with van der Waals surface area (Å²) in [5.74, 6) is 0. The number of likely N-dealkylation sites (tertiary alicyclic amines) is 1. The first kappa shape index (κ1) is 10.9. The fourth-order valence-electron chi connectivity index (χ4n) is 1.71. The molecule has 0 aliphatic carbocycles. The molecule has 1 fully saturated rings. The molecule has 0 aromatic carbocycles. The lowest BCUT2D eigenvalue weighted by atomic mass is 10.3. The third-order valence-electron chi connectivity index (χ3n) is 2.50. The van der Waals surface area contributed by atoms with Gasteiger partial charge in [-0.1, -0.05) is 0 Å². The summed E-state index contributed by atoms with van der Waals surface area (Å²) < 4.78 is 23.6. The van der Waals surface area contributed by atoms with E-state index in [0.717, 1.165) is 13.1 Å². The molecule has 0 aromatic heterocycles. The smallest absolute Gasteiger partial charge is 0.250 e. The van der Waals surface area contributed by atoms with Crippen LogP contribution in [0.3, 0.4) is 0 Å². The highest BCUT2D eigenvalue weighted by molar-refractivity contribution is 4.74. The number of rotatable bonds is 5. The summed E-state index contributed by atoms with van der Waals surface area (Å²) >= 11 is 0. The largest absolute Gasteiger partial charge is 0.310 e. The fourth-order valence-corrected chi connectivity index (χ4v) is 1.71. The lowest BCUT2D eigenvalue weighted by Crippen LogP contribution is -2.39. The Morgan fingerprint density at radius 3 is 2.38 bits per heavy atom. The summed E-state index contributed by atoms with van der Waals surface area (Å²) in [7, 11) is 0. The number of nitrogens with zero attached hydrogens (tertiary/aromatic N) is 1. The van der Waals surface area contributed by atoms with Gasteiger partial charge in [0.2, 0.25) is 0 Å². The molecule has 1 aliphatic heterocycles. The van der Waals surface area contributed by atoms with Gasteiger partial charge in [-0.25, -0.2) is 8.78 Å². The summed E-state index contributed by atoms with van der Waals surface area (Å²) in [4.78, 5) is 2.35. The zero-order valence-electron chi connectivity index (χ0n) is 8.10. The molecular weight excluding hydrogens is 174 g/mol. The molecule has 0 aromatic rings. The quantitative estimate of drug-likeness (QED) is 0.707. The average molecular weight is 192 g/mol. The lowest BCUT2D eigenvalue weighted by Gasteiger charge is -2.23. The third-order valence-corrected chi connectivity index (χ3v) is 2.50. The number of nitrogens with one attached hydrogen (secondary N) is 1. The van der Waals surface area contributed by atoms with Crippen LogP contribution in [-0.2, 0) is 0 Å². The molecule has 1 aliphatic rings. The van der Waals surface area contributed by atoms with Crippen molar-refractivity contribution < 1.29 is 8.78 Å². The topological polar surface area (TPSA) is 15.3 Å². The van der Waals surface area contributed by atoms with E-state index in [2.05, 4.69) is 17.1 Å². The van der Waals surface area contributed by atoms with Crippen LogP contribution in [0.5, 0.6) is 0 Å². The molecular formula is C9H18F2N2. The van der Waals surface area contributed by atoms with Gasteiger partial charge in [-0.2, -0.15) is 0 Å². The summed E-state index contributed by atoms with van der Waals surface area (Å²) in [6.45, 7) is 4.82. The van der Waals surface area contributed by atoms with Crippen molar-refractivity contribution >= 4 is 0 Å². The van der Waals surface area contributed by atoms with Gasteiger partial charge in [-0.05, 0) is 32.9 Å². The van der Waals surface area contributed by atoms with Gasteiger partial charge in [0.15, 0.2) is 0 Å². The number of hydrogen-bond acceptors (Lipinski definition) is 2. The van der Waals surface area contributed by atoms with Crippen LogP contribution in [0, 0.1) is 0 Å². The highest BCUT2D eigenvalue weighted by atomic mass is 19.3. The molecule has 1 heterocycles. The molecule has 0 bridgehead atoms. The molecule has 4 heteroatoms. The van der Waals surface area contributed by atoms with E-state index in [0.29, 0.717) is 12.6 Å². The maximum Gasteiger partial charge on any atom is 0.250 e. The predicted octanol–water partition coefficient (Wildman–Crippen LogP) is 1.33. The van der Waals surface area contributed by atoms with Crippen LogP contribution in [-0.4, -0.2) is 43.5 Å². The summed E-state index contributed by atoms with van der Waals surface area (Å²) in [5, 5.41) is 2.77. The highest BCUT2D eigenvalue weighted by Crippen LogP contribution is 2.10. The van der Waals surface area contributed by atoms with Crippen LogP contribution in [0.25, 0.3) is 0 Å². The van der Waals surface area contributed by atoms with E-state index in [1.165, 1.54) is 12.8 Å². The van der Waals surface area contributed by atoms with Gasteiger partial charge >= 0.3 is 0 Å². The van der Waals surface area contributed by atoms with E-state index in [1.807, 2.05) is 0 Å². The van der Waals surface area contributed by atoms with Gasteiger partial charge in [0.05, 0.1) is 6.54 Å². The Bertz CT molecular complexity index is 136. The van der Waals surface area contributed by atoms with Crippen LogP contribution in [0.2, 0.25) is 0 Å². The molecule has 0 amide bonds. The molecule has 2 nitrogen and oxygen atoms in total. The Hall–Kier alpha value is -0.220. The molecule has 0 spiro atoms. The molecule has 1 unspecified atom stereocenters. The van der Waals surface area contributed by atoms with E-state index in [-0.39, 0.29) is 6.54 Å². The summed E-state index contributed by atoms with van der Waals surface area (Å²) in [5.41, 5.74) is 0. The molecule has 1 saturated heterocycles. The van der Waals surface area contributed by atoms with Gasteiger partial charge in [-0.15, -0.1) is 0 Å². The van der Waals surface area contributed by atoms with Crippen molar-refractivity contribution in [2.24, 2.45) is 0 Å². The SMILES string of the molecule is CC(CNCC(F)F)N1CCCC1. The average Bonchev–Trinajstić information content (AvgIpc) is 2.55. The van der Waals surface area contributed by atoms with E-state index >= 15 is 0 Å². The Morgan fingerprint density at radius 2 is 1.85 bits per heavy atom. The molecule has 0 radical (unpaired) electrons. The zero-order chi connectivity index (χ0) is 9.68. The molecule has 1 N–H and O–H groups in total.